The lowest BCUT2D eigenvalue weighted by atomic mass is 10.4. The van der Waals surface area contributed by atoms with Crippen LogP contribution in [0.15, 0.2) is 0 Å². The van der Waals surface area contributed by atoms with Crippen molar-refractivity contribution < 1.29 is 9.59 Å². The highest BCUT2D eigenvalue weighted by Gasteiger charge is 2.00. The molecule has 3 nitrogen and oxygen atoms in total. The molecule has 0 bridgehead atoms. The summed E-state index contributed by atoms with van der Waals surface area (Å²) in [4.78, 5) is 20.9. The molecule has 0 fully saturated rings. The van der Waals surface area contributed by atoms with E-state index in [4.69, 9.17) is 0 Å². The molecule has 0 aliphatic rings. The summed E-state index contributed by atoms with van der Waals surface area (Å²) in [5.41, 5.74) is 0. The zero-order valence-corrected chi connectivity index (χ0v) is 7.73. The van der Waals surface area contributed by atoms with Crippen LogP contribution in [0.2, 0.25) is 0 Å². The van der Waals surface area contributed by atoms with Gasteiger partial charge in [0.25, 0.3) is 0 Å². The fourth-order valence-electron chi connectivity index (χ4n) is 0.332. The van der Waals surface area contributed by atoms with Gasteiger partial charge in [-0.3, -0.25) is 14.9 Å². The zero-order chi connectivity index (χ0) is 9.28. The molecule has 0 spiro atoms. The monoisotopic (exact) mass is 159 g/mol. The second kappa shape index (κ2) is 9.14. The van der Waals surface area contributed by atoms with Crippen LogP contribution < -0.4 is 5.32 Å². The van der Waals surface area contributed by atoms with Crippen molar-refractivity contribution in [2.45, 2.75) is 40.5 Å². The van der Waals surface area contributed by atoms with Crippen molar-refractivity contribution in [1.82, 2.24) is 5.32 Å². The summed E-state index contributed by atoms with van der Waals surface area (Å²) in [6.07, 6.45) is 0.734. The van der Waals surface area contributed by atoms with E-state index in [1.165, 1.54) is 0 Å². The maximum absolute atomic E-state index is 10.4. The quantitative estimate of drug-likeness (QED) is 0.663. The molecule has 0 saturated heterocycles. The van der Waals surface area contributed by atoms with Crippen molar-refractivity contribution in [3.8, 4) is 0 Å². The van der Waals surface area contributed by atoms with E-state index in [1.54, 1.807) is 13.8 Å². The Balaban J connectivity index is 0. The Kier molecular flexibility index (Phi) is 10.6. The van der Waals surface area contributed by atoms with Crippen LogP contribution in [0.5, 0.6) is 0 Å². The fourth-order valence-corrected chi connectivity index (χ4v) is 0.332. The molecule has 0 atom stereocenters. The maximum Gasteiger partial charge on any atom is 0.226 e. The molecule has 0 heterocycles. The van der Waals surface area contributed by atoms with Crippen molar-refractivity contribution >= 4 is 11.8 Å². The third-order valence-corrected chi connectivity index (χ3v) is 0.921. The van der Waals surface area contributed by atoms with Crippen LogP contribution in [0.25, 0.3) is 0 Å². The van der Waals surface area contributed by atoms with Gasteiger partial charge in [-0.15, -0.1) is 0 Å². The summed E-state index contributed by atoms with van der Waals surface area (Å²) >= 11 is 0. The summed E-state index contributed by atoms with van der Waals surface area (Å²) in [5, 5.41) is 2.20. The van der Waals surface area contributed by atoms with Gasteiger partial charge in [-0.2, -0.15) is 0 Å². The first-order valence-corrected chi connectivity index (χ1v) is 4.03. The Morgan fingerprint density at radius 1 is 1.00 bits per heavy atom. The van der Waals surface area contributed by atoms with Gasteiger partial charge in [-0.1, -0.05) is 27.7 Å². The Morgan fingerprint density at radius 2 is 1.27 bits per heavy atom. The van der Waals surface area contributed by atoms with E-state index in [0.717, 1.165) is 0 Å². The van der Waals surface area contributed by atoms with Gasteiger partial charge in [0.1, 0.15) is 0 Å². The zero-order valence-electron chi connectivity index (χ0n) is 7.73. The lowest BCUT2D eigenvalue weighted by molar-refractivity contribution is -0.130. The van der Waals surface area contributed by atoms with Gasteiger partial charge >= 0.3 is 0 Å². The Labute approximate surface area is 68.2 Å². The first kappa shape index (κ1) is 12.8. The van der Waals surface area contributed by atoms with Gasteiger partial charge in [0.05, 0.1) is 0 Å². The number of nitrogens with one attached hydrogen (secondary N) is 1. The molecule has 0 radical (unpaired) electrons. The molecule has 0 aromatic carbocycles. The Morgan fingerprint density at radius 3 is 1.45 bits per heavy atom. The molecule has 3 heteroatoms. The Hall–Kier alpha value is -0.860. The number of hydrogen-bond donors (Lipinski definition) is 1. The first-order chi connectivity index (χ1) is 5.20. The third kappa shape index (κ3) is 9.14. The van der Waals surface area contributed by atoms with Gasteiger partial charge < -0.3 is 0 Å². The number of hydrogen-bond acceptors (Lipinski definition) is 2. The molecule has 66 valence electrons. The second-order valence-corrected chi connectivity index (χ2v) is 1.68. The molecule has 0 aromatic rings. The molecule has 2 amide bonds. The van der Waals surface area contributed by atoms with Gasteiger partial charge in [-0.25, -0.2) is 0 Å². The molecule has 11 heavy (non-hydrogen) atoms. The molecule has 0 unspecified atom stereocenters. The smallest absolute Gasteiger partial charge is 0.226 e. The minimum atomic E-state index is -0.207. The van der Waals surface area contributed by atoms with Crippen LogP contribution in [-0.4, -0.2) is 11.8 Å². The fraction of sp³-hybridized carbons (Fsp3) is 0.750. The second-order valence-electron chi connectivity index (χ2n) is 1.68. The van der Waals surface area contributed by atoms with Gasteiger partial charge in [0.2, 0.25) is 11.8 Å². The topological polar surface area (TPSA) is 46.2 Å². The van der Waals surface area contributed by atoms with E-state index in [9.17, 15) is 9.59 Å². The van der Waals surface area contributed by atoms with Crippen molar-refractivity contribution in [3.05, 3.63) is 0 Å². The SMILES string of the molecule is CC.CCC(=O)NC(=O)CC. The average molecular weight is 159 g/mol. The highest BCUT2D eigenvalue weighted by atomic mass is 16.2. The van der Waals surface area contributed by atoms with Crippen LogP contribution in [0.3, 0.4) is 0 Å². The molecule has 1 N–H and O–H groups in total. The van der Waals surface area contributed by atoms with Crippen LogP contribution in [0, 0.1) is 0 Å². The number of amides is 2. The van der Waals surface area contributed by atoms with E-state index >= 15 is 0 Å². The molecule has 0 saturated carbocycles. The summed E-state index contributed by atoms with van der Waals surface area (Å²) in [5.74, 6) is -0.413. The van der Waals surface area contributed by atoms with E-state index in [2.05, 4.69) is 5.32 Å². The number of carbonyl (C=O) groups is 2. The van der Waals surface area contributed by atoms with Crippen molar-refractivity contribution in [2.24, 2.45) is 0 Å². The molecular weight excluding hydrogens is 142 g/mol. The summed E-state index contributed by atoms with van der Waals surface area (Å²) in [6.45, 7) is 7.41. The van der Waals surface area contributed by atoms with E-state index in [-0.39, 0.29) is 11.8 Å². The lowest BCUT2D eigenvalue weighted by Crippen LogP contribution is -2.28. The summed E-state index contributed by atoms with van der Waals surface area (Å²) in [6, 6.07) is 0. The minimum Gasteiger partial charge on any atom is -0.296 e. The van der Waals surface area contributed by atoms with E-state index < -0.39 is 0 Å². The van der Waals surface area contributed by atoms with Crippen LogP contribution in [0.4, 0.5) is 0 Å². The average Bonchev–Trinajstić information content (AvgIpc) is 2.07. The molecule has 0 aliphatic carbocycles. The lowest BCUT2D eigenvalue weighted by Gasteiger charge is -1.96. The Bertz CT molecular complexity index is 107. The molecular formula is C8H17NO2. The van der Waals surface area contributed by atoms with Crippen LogP contribution in [-0.2, 0) is 9.59 Å². The minimum absolute atomic E-state index is 0.207. The summed E-state index contributed by atoms with van der Waals surface area (Å²) < 4.78 is 0. The normalized spacial score (nSPS) is 7.64. The van der Waals surface area contributed by atoms with Crippen LogP contribution >= 0.6 is 0 Å². The molecule has 0 aromatic heterocycles. The van der Waals surface area contributed by atoms with Crippen molar-refractivity contribution in [1.29, 1.82) is 0 Å². The summed E-state index contributed by atoms with van der Waals surface area (Å²) in [7, 11) is 0. The van der Waals surface area contributed by atoms with Crippen molar-refractivity contribution in [2.75, 3.05) is 0 Å². The van der Waals surface area contributed by atoms with Gasteiger partial charge in [-0.05, 0) is 0 Å². The van der Waals surface area contributed by atoms with Gasteiger partial charge in [0, 0.05) is 12.8 Å². The number of carbonyl (C=O) groups excluding carboxylic acids is 2. The maximum atomic E-state index is 10.4. The number of rotatable bonds is 2. The van der Waals surface area contributed by atoms with Crippen molar-refractivity contribution in [3.63, 3.8) is 0 Å². The predicted molar refractivity (Wildman–Crippen MR) is 45.1 cm³/mol. The van der Waals surface area contributed by atoms with Gasteiger partial charge in [0.15, 0.2) is 0 Å². The predicted octanol–water partition coefficient (Wildman–Crippen LogP) is 1.48. The first-order valence-electron chi connectivity index (χ1n) is 4.03. The highest BCUT2D eigenvalue weighted by Crippen LogP contribution is 1.78. The standard InChI is InChI=1S/C6H11NO2.C2H6/c1-3-5(8)7-6(9)4-2;1-2/h3-4H2,1-2H3,(H,7,8,9);1-2H3. The highest BCUT2D eigenvalue weighted by molar-refractivity contribution is 5.94. The molecule has 0 aliphatic heterocycles. The molecule has 0 rings (SSSR count). The number of imide groups is 1. The van der Waals surface area contributed by atoms with E-state index in [1.807, 2.05) is 13.8 Å². The third-order valence-electron chi connectivity index (χ3n) is 0.921. The van der Waals surface area contributed by atoms with E-state index in [0.29, 0.717) is 12.8 Å². The largest absolute Gasteiger partial charge is 0.296 e. The van der Waals surface area contributed by atoms with Crippen LogP contribution in [0.1, 0.15) is 40.5 Å².